The van der Waals surface area contributed by atoms with Crippen LogP contribution in [-0.4, -0.2) is 17.7 Å². The molecule has 6 heteroatoms. The SMILES string of the molecule is Cc1c(Cl)cccc1NC(=O)c1cccc(N2C(=O)[C@@H]3[C@H]4CC[C@@H](C4)[C@@H]3C2=O)c1. The first-order chi connectivity index (χ1) is 14.0. The van der Waals surface area contributed by atoms with E-state index < -0.39 is 0 Å². The fourth-order valence-electron chi connectivity index (χ4n) is 5.39. The summed E-state index contributed by atoms with van der Waals surface area (Å²) in [6, 6.07) is 12.0. The largest absolute Gasteiger partial charge is 0.322 e. The predicted octanol–water partition coefficient (Wildman–Crippen LogP) is 4.44. The number of halogens is 1. The van der Waals surface area contributed by atoms with Gasteiger partial charge in [0.05, 0.1) is 17.5 Å². The summed E-state index contributed by atoms with van der Waals surface area (Å²) in [7, 11) is 0. The highest BCUT2D eigenvalue weighted by Gasteiger charge is 2.61. The zero-order valence-electron chi connectivity index (χ0n) is 16.0. The Labute approximate surface area is 174 Å². The topological polar surface area (TPSA) is 66.5 Å². The normalized spacial score (nSPS) is 27.4. The van der Waals surface area contributed by atoms with Gasteiger partial charge in [0.1, 0.15) is 0 Å². The summed E-state index contributed by atoms with van der Waals surface area (Å²) in [5, 5.41) is 3.43. The maximum Gasteiger partial charge on any atom is 0.255 e. The second-order valence-electron chi connectivity index (χ2n) is 8.31. The number of benzene rings is 2. The zero-order chi connectivity index (χ0) is 20.3. The minimum atomic E-state index is -0.309. The van der Waals surface area contributed by atoms with E-state index in [-0.39, 0.29) is 29.6 Å². The molecule has 1 heterocycles. The maximum atomic E-state index is 13.0. The molecule has 0 radical (unpaired) electrons. The van der Waals surface area contributed by atoms with Crippen LogP contribution in [0.5, 0.6) is 0 Å². The van der Waals surface area contributed by atoms with Gasteiger partial charge in [0.15, 0.2) is 0 Å². The van der Waals surface area contributed by atoms with E-state index in [0.29, 0.717) is 33.8 Å². The van der Waals surface area contributed by atoms with Gasteiger partial charge in [0, 0.05) is 16.3 Å². The minimum absolute atomic E-state index is 0.101. The third kappa shape index (κ3) is 2.79. The van der Waals surface area contributed by atoms with E-state index in [1.165, 1.54) is 4.90 Å². The molecule has 1 N–H and O–H groups in total. The zero-order valence-corrected chi connectivity index (χ0v) is 16.8. The lowest BCUT2D eigenvalue weighted by molar-refractivity contribution is -0.123. The Morgan fingerprint density at radius 1 is 1.03 bits per heavy atom. The van der Waals surface area contributed by atoms with E-state index in [1.54, 1.807) is 42.5 Å². The highest BCUT2D eigenvalue weighted by atomic mass is 35.5. The fourth-order valence-corrected chi connectivity index (χ4v) is 5.56. The van der Waals surface area contributed by atoms with E-state index in [4.69, 9.17) is 11.6 Å². The van der Waals surface area contributed by atoms with Crippen molar-refractivity contribution in [3.8, 4) is 0 Å². The molecule has 0 unspecified atom stereocenters. The van der Waals surface area contributed by atoms with Crippen LogP contribution < -0.4 is 10.2 Å². The molecular weight excluding hydrogens is 388 g/mol. The molecule has 1 aliphatic heterocycles. The van der Waals surface area contributed by atoms with E-state index in [2.05, 4.69) is 5.32 Å². The smallest absolute Gasteiger partial charge is 0.255 e. The summed E-state index contributed by atoms with van der Waals surface area (Å²) in [6.45, 7) is 1.84. The first kappa shape index (κ1) is 18.4. The van der Waals surface area contributed by atoms with Crippen molar-refractivity contribution in [1.82, 2.24) is 0 Å². The van der Waals surface area contributed by atoms with Crippen LogP contribution in [0.2, 0.25) is 5.02 Å². The number of rotatable bonds is 3. The second kappa shape index (κ2) is 6.70. The van der Waals surface area contributed by atoms with Gasteiger partial charge in [0.25, 0.3) is 5.91 Å². The highest BCUT2D eigenvalue weighted by molar-refractivity contribution is 6.31. The molecule has 148 valence electrons. The summed E-state index contributed by atoms with van der Waals surface area (Å²) >= 11 is 6.13. The number of hydrogen-bond donors (Lipinski definition) is 1. The van der Waals surface area contributed by atoms with E-state index >= 15 is 0 Å². The molecule has 5 rings (SSSR count). The van der Waals surface area contributed by atoms with Gasteiger partial charge in [-0.2, -0.15) is 0 Å². The van der Waals surface area contributed by atoms with Crippen molar-refractivity contribution in [2.24, 2.45) is 23.7 Å². The number of fused-ring (bicyclic) bond motifs is 5. The summed E-state index contributed by atoms with van der Waals surface area (Å²) < 4.78 is 0. The van der Waals surface area contributed by atoms with Gasteiger partial charge in [-0.3, -0.25) is 19.3 Å². The number of nitrogens with zero attached hydrogens (tertiary/aromatic N) is 1. The molecule has 2 aromatic rings. The van der Waals surface area contributed by atoms with E-state index in [9.17, 15) is 14.4 Å². The van der Waals surface area contributed by atoms with Gasteiger partial charge in [-0.05, 0) is 73.9 Å². The number of nitrogens with one attached hydrogen (secondary N) is 1. The number of imide groups is 1. The Hall–Kier alpha value is -2.66. The van der Waals surface area contributed by atoms with E-state index in [1.807, 2.05) is 6.92 Å². The summed E-state index contributed by atoms with van der Waals surface area (Å²) in [4.78, 5) is 40.1. The standard InChI is InChI=1S/C23H21ClN2O3/c1-12-17(24)6-3-7-18(12)25-21(27)15-4-2-5-16(11-15)26-22(28)19-13-8-9-14(10-13)20(19)23(26)29/h2-7,11,13-14,19-20H,8-10H2,1H3,(H,25,27)/t13-,14-,19-,20+/m0/s1. The third-order valence-electron chi connectivity index (χ3n) is 6.81. The molecule has 2 aromatic carbocycles. The minimum Gasteiger partial charge on any atom is -0.322 e. The highest BCUT2D eigenvalue weighted by Crippen LogP contribution is 2.56. The molecule has 5 nitrogen and oxygen atoms in total. The van der Waals surface area contributed by atoms with Gasteiger partial charge < -0.3 is 5.32 Å². The van der Waals surface area contributed by atoms with Crippen LogP contribution in [0.15, 0.2) is 42.5 Å². The first-order valence-electron chi connectivity index (χ1n) is 10.00. The Balaban J connectivity index is 1.42. The van der Waals surface area contributed by atoms with Crippen molar-refractivity contribution in [2.45, 2.75) is 26.2 Å². The molecular formula is C23H21ClN2O3. The van der Waals surface area contributed by atoms with Crippen molar-refractivity contribution >= 4 is 40.7 Å². The first-order valence-corrected chi connectivity index (χ1v) is 10.4. The maximum absolute atomic E-state index is 13.0. The molecule has 3 amide bonds. The summed E-state index contributed by atoms with van der Waals surface area (Å²) in [5.41, 5.74) is 2.28. The number of hydrogen-bond acceptors (Lipinski definition) is 3. The van der Waals surface area contributed by atoms with E-state index in [0.717, 1.165) is 24.8 Å². The van der Waals surface area contributed by atoms with Crippen LogP contribution in [0.4, 0.5) is 11.4 Å². The number of carbonyl (C=O) groups excluding carboxylic acids is 3. The third-order valence-corrected chi connectivity index (χ3v) is 7.22. The summed E-state index contributed by atoms with van der Waals surface area (Å²) in [6.07, 6.45) is 3.09. The second-order valence-corrected chi connectivity index (χ2v) is 8.72. The van der Waals surface area contributed by atoms with Crippen molar-refractivity contribution in [1.29, 1.82) is 0 Å². The van der Waals surface area contributed by atoms with Crippen LogP contribution in [0.25, 0.3) is 0 Å². The van der Waals surface area contributed by atoms with Crippen molar-refractivity contribution in [3.63, 3.8) is 0 Å². The average Bonchev–Trinajstić information content (AvgIpc) is 3.39. The number of amides is 3. The van der Waals surface area contributed by atoms with Gasteiger partial charge in [-0.1, -0.05) is 23.7 Å². The molecule has 2 aliphatic carbocycles. The van der Waals surface area contributed by atoms with Crippen LogP contribution in [0.3, 0.4) is 0 Å². The lowest BCUT2D eigenvalue weighted by Gasteiger charge is -2.19. The Morgan fingerprint density at radius 2 is 1.69 bits per heavy atom. The van der Waals surface area contributed by atoms with Crippen LogP contribution >= 0.6 is 11.6 Å². The van der Waals surface area contributed by atoms with Gasteiger partial charge in [-0.15, -0.1) is 0 Å². The van der Waals surface area contributed by atoms with Crippen molar-refractivity contribution in [2.75, 3.05) is 10.2 Å². The molecule has 3 aliphatic rings. The molecule has 0 spiro atoms. The fraction of sp³-hybridized carbons (Fsp3) is 0.348. The lowest BCUT2D eigenvalue weighted by Crippen LogP contribution is -2.33. The Morgan fingerprint density at radius 3 is 2.38 bits per heavy atom. The van der Waals surface area contributed by atoms with Crippen molar-refractivity contribution in [3.05, 3.63) is 58.6 Å². The molecule has 4 atom stereocenters. The van der Waals surface area contributed by atoms with Gasteiger partial charge in [0.2, 0.25) is 11.8 Å². The Kier molecular flexibility index (Phi) is 4.24. The van der Waals surface area contributed by atoms with Gasteiger partial charge in [-0.25, -0.2) is 0 Å². The molecule has 3 fully saturated rings. The molecule has 2 bridgehead atoms. The van der Waals surface area contributed by atoms with Gasteiger partial charge >= 0.3 is 0 Å². The predicted molar refractivity (Wildman–Crippen MR) is 111 cm³/mol. The number of anilines is 2. The average molecular weight is 409 g/mol. The molecule has 1 saturated heterocycles. The van der Waals surface area contributed by atoms with Crippen LogP contribution in [0.1, 0.15) is 35.2 Å². The van der Waals surface area contributed by atoms with Crippen LogP contribution in [-0.2, 0) is 9.59 Å². The molecule has 0 aromatic heterocycles. The molecule has 2 saturated carbocycles. The summed E-state index contributed by atoms with van der Waals surface area (Å²) in [5.74, 6) is -0.185. The monoisotopic (exact) mass is 408 g/mol. The van der Waals surface area contributed by atoms with Crippen molar-refractivity contribution < 1.29 is 14.4 Å². The lowest BCUT2D eigenvalue weighted by atomic mass is 9.81. The Bertz CT molecular complexity index is 1020. The number of carbonyl (C=O) groups is 3. The van der Waals surface area contributed by atoms with Crippen LogP contribution in [0, 0.1) is 30.6 Å². The quantitative estimate of drug-likeness (QED) is 0.763. The molecule has 29 heavy (non-hydrogen) atoms.